The van der Waals surface area contributed by atoms with Crippen molar-refractivity contribution in [3.8, 4) is 5.75 Å². The molecular weight excluding hydrogens is 352 g/mol. The van der Waals surface area contributed by atoms with Crippen molar-refractivity contribution in [3.63, 3.8) is 0 Å². The Bertz CT molecular complexity index is 936. The van der Waals surface area contributed by atoms with Crippen LogP contribution in [0.5, 0.6) is 5.75 Å². The Morgan fingerprint density at radius 2 is 1.88 bits per heavy atom. The summed E-state index contributed by atoms with van der Waals surface area (Å²) in [4.78, 5) is 25.0. The van der Waals surface area contributed by atoms with Crippen LogP contribution in [0.4, 0.5) is 5.69 Å². The van der Waals surface area contributed by atoms with E-state index in [2.05, 4.69) is 20.3 Å². The predicted molar refractivity (Wildman–Crippen MR) is 102 cm³/mol. The van der Waals surface area contributed by atoms with Crippen molar-refractivity contribution in [1.29, 1.82) is 0 Å². The van der Waals surface area contributed by atoms with Crippen LogP contribution in [0.15, 0.2) is 42.9 Å². The van der Waals surface area contributed by atoms with Gasteiger partial charge in [0.05, 0.1) is 23.1 Å². The van der Waals surface area contributed by atoms with Gasteiger partial charge in [0.15, 0.2) is 6.61 Å². The first kappa shape index (κ1) is 18.1. The molecule has 134 valence electrons. The molecule has 1 amide bonds. The quantitative estimate of drug-likeness (QED) is 0.751. The van der Waals surface area contributed by atoms with E-state index in [1.165, 1.54) is 0 Å². The number of ether oxygens (including phenoxy) is 1. The summed E-state index contributed by atoms with van der Waals surface area (Å²) in [5.41, 5.74) is 0.991. The van der Waals surface area contributed by atoms with Gasteiger partial charge in [0.2, 0.25) is 0 Å². The molecule has 0 bridgehead atoms. The smallest absolute Gasteiger partial charge is 0.262 e. The molecule has 0 atom stereocenters. The second-order valence-corrected chi connectivity index (χ2v) is 7.23. The number of amides is 1. The molecule has 0 saturated heterocycles. The largest absolute Gasteiger partial charge is 0.481 e. The lowest BCUT2D eigenvalue weighted by atomic mass is 9.96. The van der Waals surface area contributed by atoms with Crippen LogP contribution in [-0.2, 0) is 10.2 Å². The Kier molecular flexibility index (Phi) is 5.04. The number of nitrogens with zero attached hydrogens (tertiary/aromatic N) is 3. The molecule has 0 fully saturated rings. The number of benzene rings is 1. The molecule has 0 aliphatic heterocycles. The van der Waals surface area contributed by atoms with E-state index in [0.29, 0.717) is 27.8 Å². The number of rotatable bonds is 4. The standard InChI is InChI=1S/C19H19ClN4O2/c1-19(2,3)18-22-9-12(10-23-18)24-16(25)11-26-15-7-6-14(20)13-5-4-8-21-17(13)15/h4-10H,11H2,1-3H3,(H,24,25). The van der Waals surface area contributed by atoms with Gasteiger partial charge in [0.25, 0.3) is 5.91 Å². The third-order valence-corrected chi connectivity index (χ3v) is 3.97. The van der Waals surface area contributed by atoms with Crippen molar-refractivity contribution in [1.82, 2.24) is 15.0 Å². The Morgan fingerprint density at radius 1 is 1.15 bits per heavy atom. The van der Waals surface area contributed by atoms with Crippen molar-refractivity contribution in [3.05, 3.63) is 53.7 Å². The zero-order chi connectivity index (χ0) is 18.7. The molecule has 7 heteroatoms. The zero-order valence-electron chi connectivity index (χ0n) is 14.8. The Balaban J connectivity index is 1.66. The highest BCUT2D eigenvalue weighted by molar-refractivity contribution is 6.35. The average molecular weight is 371 g/mol. The minimum Gasteiger partial charge on any atom is -0.481 e. The maximum Gasteiger partial charge on any atom is 0.262 e. The van der Waals surface area contributed by atoms with E-state index in [1.54, 1.807) is 36.8 Å². The minimum atomic E-state index is -0.309. The summed E-state index contributed by atoms with van der Waals surface area (Å²) >= 11 is 6.16. The molecule has 6 nitrogen and oxygen atoms in total. The number of pyridine rings is 1. The fraction of sp³-hybridized carbons (Fsp3) is 0.263. The molecule has 0 aliphatic rings. The van der Waals surface area contributed by atoms with Gasteiger partial charge in [-0.1, -0.05) is 32.4 Å². The van der Waals surface area contributed by atoms with E-state index in [4.69, 9.17) is 16.3 Å². The molecule has 2 aromatic heterocycles. The van der Waals surface area contributed by atoms with Gasteiger partial charge in [-0.15, -0.1) is 0 Å². The number of anilines is 1. The number of hydrogen-bond acceptors (Lipinski definition) is 5. The first-order chi connectivity index (χ1) is 12.3. The van der Waals surface area contributed by atoms with E-state index in [9.17, 15) is 4.79 Å². The van der Waals surface area contributed by atoms with Gasteiger partial charge >= 0.3 is 0 Å². The van der Waals surface area contributed by atoms with Gasteiger partial charge in [0, 0.05) is 17.0 Å². The summed E-state index contributed by atoms with van der Waals surface area (Å²) in [6.07, 6.45) is 4.83. The number of carbonyl (C=O) groups excluding carboxylic acids is 1. The second kappa shape index (κ2) is 7.25. The number of fused-ring (bicyclic) bond motifs is 1. The van der Waals surface area contributed by atoms with E-state index in [1.807, 2.05) is 26.8 Å². The zero-order valence-corrected chi connectivity index (χ0v) is 15.5. The lowest BCUT2D eigenvalue weighted by Crippen LogP contribution is -2.21. The first-order valence-electron chi connectivity index (χ1n) is 8.13. The fourth-order valence-electron chi connectivity index (χ4n) is 2.35. The van der Waals surface area contributed by atoms with Crippen molar-refractivity contribution in [2.45, 2.75) is 26.2 Å². The van der Waals surface area contributed by atoms with Crippen LogP contribution in [0.1, 0.15) is 26.6 Å². The maximum atomic E-state index is 12.1. The van der Waals surface area contributed by atoms with Crippen LogP contribution in [-0.4, -0.2) is 27.5 Å². The summed E-state index contributed by atoms with van der Waals surface area (Å²) in [7, 11) is 0. The average Bonchev–Trinajstić information content (AvgIpc) is 2.61. The third kappa shape index (κ3) is 4.08. The number of nitrogens with one attached hydrogen (secondary N) is 1. The minimum absolute atomic E-state index is 0.145. The van der Waals surface area contributed by atoms with Crippen LogP contribution in [0, 0.1) is 0 Å². The highest BCUT2D eigenvalue weighted by atomic mass is 35.5. The van der Waals surface area contributed by atoms with Crippen LogP contribution in [0.3, 0.4) is 0 Å². The SMILES string of the molecule is CC(C)(C)c1ncc(NC(=O)COc2ccc(Cl)c3cccnc23)cn1. The molecule has 3 aromatic rings. The Hall–Kier alpha value is -2.73. The van der Waals surface area contributed by atoms with Gasteiger partial charge in [-0.3, -0.25) is 9.78 Å². The van der Waals surface area contributed by atoms with Crippen molar-refractivity contribution < 1.29 is 9.53 Å². The first-order valence-corrected chi connectivity index (χ1v) is 8.51. The van der Waals surface area contributed by atoms with Gasteiger partial charge < -0.3 is 10.1 Å². The summed E-state index contributed by atoms with van der Waals surface area (Å²) in [5.74, 6) is 0.904. The fourth-order valence-corrected chi connectivity index (χ4v) is 2.56. The van der Waals surface area contributed by atoms with Gasteiger partial charge in [-0.25, -0.2) is 9.97 Å². The summed E-state index contributed by atoms with van der Waals surface area (Å²) in [6, 6.07) is 7.07. The maximum absolute atomic E-state index is 12.1. The van der Waals surface area contributed by atoms with Crippen molar-refractivity contribution >= 4 is 34.1 Å². The van der Waals surface area contributed by atoms with E-state index < -0.39 is 0 Å². The monoisotopic (exact) mass is 370 g/mol. The van der Waals surface area contributed by atoms with Crippen LogP contribution < -0.4 is 10.1 Å². The topological polar surface area (TPSA) is 77.0 Å². The molecule has 26 heavy (non-hydrogen) atoms. The van der Waals surface area contributed by atoms with Gasteiger partial charge in [0.1, 0.15) is 17.1 Å². The molecule has 3 rings (SSSR count). The van der Waals surface area contributed by atoms with Crippen LogP contribution >= 0.6 is 11.6 Å². The predicted octanol–water partition coefficient (Wildman–Crippen LogP) is 3.99. The van der Waals surface area contributed by atoms with E-state index >= 15 is 0 Å². The number of halogens is 1. The van der Waals surface area contributed by atoms with Crippen LogP contribution in [0.25, 0.3) is 10.9 Å². The summed E-state index contributed by atoms with van der Waals surface area (Å²) in [6.45, 7) is 5.92. The molecule has 0 unspecified atom stereocenters. The molecule has 0 spiro atoms. The van der Waals surface area contributed by atoms with Crippen LogP contribution in [0.2, 0.25) is 5.02 Å². The van der Waals surface area contributed by atoms with Crippen molar-refractivity contribution in [2.75, 3.05) is 11.9 Å². The molecule has 0 aliphatic carbocycles. The number of carbonyl (C=O) groups is 1. The molecule has 0 saturated carbocycles. The van der Waals surface area contributed by atoms with Gasteiger partial charge in [-0.2, -0.15) is 0 Å². The summed E-state index contributed by atoms with van der Waals surface area (Å²) in [5, 5.41) is 4.08. The third-order valence-electron chi connectivity index (χ3n) is 3.64. The Labute approximate surface area is 156 Å². The second-order valence-electron chi connectivity index (χ2n) is 6.83. The highest BCUT2D eigenvalue weighted by Gasteiger charge is 2.17. The van der Waals surface area contributed by atoms with E-state index in [0.717, 1.165) is 5.39 Å². The van der Waals surface area contributed by atoms with E-state index in [-0.39, 0.29) is 17.9 Å². The molecule has 0 radical (unpaired) electrons. The lowest BCUT2D eigenvalue weighted by Gasteiger charge is -2.16. The molecular formula is C19H19ClN4O2. The molecule has 1 N–H and O–H groups in total. The van der Waals surface area contributed by atoms with Crippen molar-refractivity contribution in [2.24, 2.45) is 0 Å². The molecule has 1 aromatic carbocycles. The Morgan fingerprint density at radius 3 is 2.58 bits per heavy atom. The summed E-state index contributed by atoms with van der Waals surface area (Å²) < 4.78 is 5.61. The lowest BCUT2D eigenvalue weighted by molar-refractivity contribution is -0.118. The molecule has 2 heterocycles. The highest BCUT2D eigenvalue weighted by Crippen LogP contribution is 2.29. The normalized spacial score (nSPS) is 11.4. The number of aromatic nitrogens is 3. The van der Waals surface area contributed by atoms with Gasteiger partial charge in [-0.05, 0) is 24.3 Å². The number of hydrogen-bond donors (Lipinski definition) is 1.